The van der Waals surface area contributed by atoms with Crippen LogP contribution in [0.5, 0.6) is 0 Å². The van der Waals surface area contributed by atoms with Gasteiger partial charge in [0.15, 0.2) is 0 Å². The second kappa shape index (κ2) is 8.28. The zero-order chi connectivity index (χ0) is 18.5. The summed E-state index contributed by atoms with van der Waals surface area (Å²) in [4.78, 5) is 0. The van der Waals surface area contributed by atoms with Crippen molar-refractivity contribution in [2.45, 2.75) is 20.0 Å². The molecular weight excluding hydrogens is 332 g/mol. The zero-order valence-corrected chi connectivity index (χ0v) is 15.6. The van der Waals surface area contributed by atoms with E-state index in [1.54, 1.807) is 0 Å². The van der Waals surface area contributed by atoms with Crippen LogP contribution in [0.3, 0.4) is 0 Å². The molecule has 0 N–H and O–H groups in total. The number of allylic oxidation sites excluding steroid dienone is 4. The number of hydrogen-bond acceptors (Lipinski definition) is 3. The molecule has 2 atom stereocenters. The molecule has 136 valence electrons. The van der Waals surface area contributed by atoms with Crippen LogP contribution in [0.15, 0.2) is 89.1 Å². The average Bonchev–Trinajstić information content (AvgIpc) is 2.90. The van der Waals surface area contributed by atoms with E-state index in [-0.39, 0.29) is 5.92 Å². The smallest absolute Gasteiger partial charge is 0.0723 e. The molecule has 1 heterocycles. The molecule has 27 heavy (non-hydrogen) atoms. The highest BCUT2D eigenvalue weighted by molar-refractivity contribution is 6.03. The minimum Gasteiger partial charge on any atom is -0.376 e. The minimum atomic E-state index is 0.243. The summed E-state index contributed by atoms with van der Waals surface area (Å²) < 4.78 is 6.10. The van der Waals surface area contributed by atoms with Crippen LogP contribution in [-0.4, -0.2) is 18.0 Å². The van der Waals surface area contributed by atoms with Gasteiger partial charge >= 0.3 is 0 Å². The molecule has 0 amide bonds. The van der Waals surface area contributed by atoms with Crippen molar-refractivity contribution in [3.8, 4) is 11.1 Å². The Balaban J connectivity index is 1.41. The van der Waals surface area contributed by atoms with E-state index in [1.165, 1.54) is 16.7 Å². The lowest BCUT2D eigenvalue weighted by atomic mass is 9.89. The van der Waals surface area contributed by atoms with Crippen molar-refractivity contribution in [1.29, 1.82) is 0 Å². The summed E-state index contributed by atoms with van der Waals surface area (Å²) in [6.45, 7) is 3.42. The molecule has 3 heteroatoms. The Morgan fingerprint density at radius 1 is 1.00 bits per heavy atom. The Kier molecular flexibility index (Phi) is 5.40. The fourth-order valence-corrected chi connectivity index (χ4v) is 3.64. The third-order valence-electron chi connectivity index (χ3n) is 5.08. The maximum absolute atomic E-state index is 6.10. The fraction of sp³-hybridized carbons (Fsp3) is 0.250. The lowest BCUT2D eigenvalue weighted by Crippen LogP contribution is -2.27. The van der Waals surface area contributed by atoms with E-state index in [1.807, 2.05) is 18.2 Å². The van der Waals surface area contributed by atoms with Crippen LogP contribution in [0.25, 0.3) is 11.1 Å². The van der Waals surface area contributed by atoms with Crippen LogP contribution in [-0.2, 0) is 11.3 Å². The molecule has 0 radical (unpaired) electrons. The monoisotopic (exact) mass is 356 g/mol. The largest absolute Gasteiger partial charge is 0.376 e. The highest BCUT2D eigenvalue weighted by Gasteiger charge is 2.25. The highest BCUT2D eigenvalue weighted by atomic mass is 16.5. The molecule has 1 aliphatic heterocycles. The SMILES string of the molecule is C[C@H](COCc1ccccc1-c1ccccc1)C1=NN=C2C=CC=CC1C2. The molecule has 2 bridgehead atoms. The first kappa shape index (κ1) is 17.6. The van der Waals surface area contributed by atoms with Crippen molar-refractivity contribution >= 4 is 11.4 Å². The highest BCUT2D eigenvalue weighted by Crippen LogP contribution is 2.25. The molecule has 4 rings (SSSR count). The lowest BCUT2D eigenvalue weighted by molar-refractivity contribution is 0.107. The summed E-state index contributed by atoms with van der Waals surface area (Å²) >= 11 is 0. The van der Waals surface area contributed by atoms with Gasteiger partial charge in [-0.3, -0.25) is 0 Å². The van der Waals surface area contributed by atoms with E-state index in [0.29, 0.717) is 19.1 Å². The molecular formula is C24H24N2O. The Bertz CT molecular complexity index is 909. The molecule has 0 aromatic heterocycles. The molecule has 0 saturated heterocycles. The van der Waals surface area contributed by atoms with E-state index in [2.05, 4.69) is 77.8 Å². The van der Waals surface area contributed by atoms with Crippen LogP contribution in [0.1, 0.15) is 18.9 Å². The zero-order valence-electron chi connectivity index (χ0n) is 15.6. The second-order valence-electron chi connectivity index (χ2n) is 7.11. The summed E-state index contributed by atoms with van der Waals surface area (Å²) in [5.41, 5.74) is 5.83. The number of nitrogens with zero attached hydrogens (tertiary/aromatic N) is 2. The number of rotatable bonds is 6. The maximum atomic E-state index is 6.10. The quantitative estimate of drug-likeness (QED) is 0.678. The Labute approximate surface area is 160 Å². The van der Waals surface area contributed by atoms with E-state index in [9.17, 15) is 0 Å². The first-order valence-corrected chi connectivity index (χ1v) is 9.51. The minimum absolute atomic E-state index is 0.243. The number of fused-ring (bicyclic) bond motifs is 2. The molecule has 1 aliphatic carbocycles. The van der Waals surface area contributed by atoms with Crippen molar-refractivity contribution < 1.29 is 4.74 Å². The maximum Gasteiger partial charge on any atom is 0.0723 e. The molecule has 2 aromatic carbocycles. The van der Waals surface area contributed by atoms with Gasteiger partial charge in [0, 0.05) is 18.3 Å². The molecule has 1 unspecified atom stereocenters. The molecule has 2 aliphatic rings. The second-order valence-corrected chi connectivity index (χ2v) is 7.11. The number of benzene rings is 2. The van der Waals surface area contributed by atoms with E-state index in [0.717, 1.165) is 17.8 Å². The number of hydrogen-bond donors (Lipinski definition) is 0. The Morgan fingerprint density at radius 2 is 1.81 bits per heavy atom. The standard InChI is InChI=1S/C24H24N2O/c1-18(24-20-11-5-7-13-22(15-20)25-26-24)16-27-17-21-12-6-8-14-23(21)19-9-3-2-4-10-19/h2-14,18,20H,15-17H2,1H3/t18-,20?/m1/s1. The summed E-state index contributed by atoms with van der Waals surface area (Å²) in [7, 11) is 0. The third kappa shape index (κ3) is 4.15. The topological polar surface area (TPSA) is 34.0 Å². The molecule has 0 spiro atoms. The van der Waals surface area contributed by atoms with Gasteiger partial charge in [-0.2, -0.15) is 10.2 Å². The summed E-state index contributed by atoms with van der Waals surface area (Å²) in [5, 5.41) is 8.84. The molecule has 0 fully saturated rings. The van der Waals surface area contributed by atoms with E-state index in [4.69, 9.17) is 4.74 Å². The van der Waals surface area contributed by atoms with E-state index < -0.39 is 0 Å². The van der Waals surface area contributed by atoms with Crippen LogP contribution >= 0.6 is 0 Å². The summed E-state index contributed by atoms with van der Waals surface area (Å²) in [6, 6.07) is 18.9. The first-order valence-electron chi connectivity index (χ1n) is 9.51. The molecule has 2 aromatic rings. The van der Waals surface area contributed by atoms with Crippen LogP contribution in [0.4, 0.5) is 0 Å². The number of ether oxygens (including phenoxy) is 1. The van der Waals surface area contributed by atoms with Crippen molar-refractivity contribution in [2.75, 3.05) is 6.61 Å². The summed E-state index contributed by atoms with van der Waals surface area (Å²) in [5.74, 6) is 0.578. The average molecular weight is 356 g/mol. The van der Waals surface area contributed by atoms with Crippen LogP contribution in [0, 0.1) is 11.8 Å². The van der Waals surface area contributed by atoms with Gasteiger partial charge < -0.3 is 4.74 Å². The first-order chi connectivity index (χ1) is 13.3. The van der Waals surface area contributed by atoms with Crippen molar-refractivity contribution in [3.05, 3.63) is 84.5 Å². The van der Waals surface area contributed by atoms with Gasteiger partial charge in [-0.15, -0.1) is 0 Å². The van der Waals surface area contributed by atoms with Crippen LogP contribution in [0.2, 0.25) is 0 Å². The van der Waals surface area contributed by atoms with Crippen LogP contribution < -0.4 is 0 Å². The van der Waals surface area contributed by atoms with E-state index >= 15 is 0 Å². The Hall–Kier alpha value is -2.78. The fourth-order valence-electron chi connectivity index (χ4n) is 3.64. The third-order valence-corrected chi connectivity index (χ3v) is 5.08. The lowest BCUT2D eigenvalue weighted by Gasteiger charge is -2.23. The molecule has 3 nitrogen and oxygen atoms in total. The van der Waals surface area contributed by atoms with Crippen molar-refractivity contribution in [3.63, 3.8) is 0 Å². The van der Waals surface area contributed by atoms with Gasteiger partial charge in [0.05, 0.1) is 24.6 Å². The van der Waals surface area contributed by atoms with Crippen molar-refractivity contribution in [1.82, 2.24) is 0 Å². The van der Waals surface area contributed by atoms with Gasteiger partial charge in [0.2, 0.25) is 0 Å². The predicted octanol–water partition coefficient (Wildman–Crippen LogP) is 5.45. The van der Waals surface area contributed by atoms with Gasteiger partial charge in [-0.1, -0.05) is 79.7 Å². The predicted molar refractivity (Wildman–Crippen MR) is 112 cm³/mol. The van der Waals surface area contributed by atoms with Gasteiger partial charge in [-0.25, -0.2) is 0 Å². The molecule has 0 saturated carbocycles. The van der Waals surface area contributed by atoms with Gasteiger partial charge in [-0.05, 0) is 22.8 Å². The summed E-state index contributed by atoms with van der Waals surface area (Å²) in [6.07, 6.45) is 9.33. The Morgan fingerprint density at radius 3 is 2.70 bits per heavy atom. The van der Waals surface area contributed by atoms with Crippen molar-refractivity contribution in [2.24, 2.45) is 22.0 Å². The normalized spacial score (nSPS) is 19.2. The van der Waals surface area contributed by atoms with Gasteiger partial charge in [0.25, 0.3) is 0 Å². The van der Waals surface area contributed by atoms with Gasteiger partial charge in [0.1, 0.15) is 0 Å².